The van der Waals surface area contributed by atoms with Crippen LogP contribution in [0.15, 0.2) is 37.0 Å². The number of aliphatic carboxylic acids is 2. The van der Waals surface area contributed by atoms with Crippen LogP contribution < -0.4 is 0 Å². The fraction of sp³-hybridized carbons (Fsp3) is 0.182. The zero-order chi connectivity index (χ0) is 13.8. The van der Waals surface area contributed by atoms with E-state index in [0.29, 0.717) is 17.7 Å². The molecule has 0 aromatic heterocycles. The van der Waals surface area contributed by atoms with Crippen molar-refractivity contribution in [1.29, 1.82) is 0 Å². The van der Waals surface area contributed by atoms with Crippen LogP contribution in [0.5, 0.6) is 0 Å². The zero-order valence-corrected chi connectivity index (χ0v) is 9.38. The van der Waals surface area contributed by atoms with Gasteiger partial charge in [0.05, 0.1) is 0 Å². The summed E-state index contributed by atoms with van der Waals surface area (Å²) < 4.78 is 4.60. The summed E-state index contributed by atoms with van der Waals surface area (Å²) in [7, 11) is 0. The fourth-order valence-electron chi connectivity index (χ4n) is 0.400. The lowest BCUT2D eigenvalue weighted by atomic mass is 10.4. The van der Waals surface area contributed by atoms with Crippen molar-refractivity contribution in [3.05, 3.63) is 37.0 Å². The van der Waals surface area contributed by atoms with Crippen molar-refractivity contribution in [2.24, 2.45) is 0 Å². The highest BCUT2D eigenvalue weighted by Crippen LogP contribution is 1.90. The number of hydrogen-bond acceptors (Lipinski definition) is 4. The quantitative estimate of drug-likeness (QED) is 0.423. The Kier molecular flexibility index (Phi) is 10.2. The monoisotopic (exact) mass is 242 g/mol. The highest BCUT2D eigenvalue weighted by atomic mass is 16.5. The Morgan fingerprint density at radius 2 is 1.59 bits per heavy atom. The first-order valence-corrected chi connectivity index (χ1v) is 4.38. The lowest BCUT2D eigenvalue weighted by Gasteiger charge is -1.97. The van der Waals surface area contributed by atoms with Crippen molar-refractivity contribution in [2.75, 3.05) is 6.61 Å². The van der Waals surface area contributed by atoms with E-state index in [-0.39, 0.29) is 12.6 Å². The van der Waals surface area contributed by atoms with Gasteiger partial charge >= 0.3 is 17.9 Å². The van der Waals surface area contributed by atoms with E-state index in [1.54, 1.807) is 6.92 Å². The summed E-state index contributed by atoms with van der Waals surface area (Å²) in [5.41, 5.74) is 0.414. The summed E-state index contributed by atoms with van der Waals surface area (Å²) in [5.74, 6) is -2.88. The molecular formula is C11H14O6. The van der Waals surface area contributed by atoms with Gasteiger partial charge in [0.15, 0.2) is 0 Å². The summed E-state index contributed by atoms with van der Waals surface area (Å²) in [6.07, 6.45) is 2.63. The Hall–Kier alpha value is -2.37. The van der Waals surface area contributed by atoms with Gasteiger partial charge in [0.25, 0.3) is 0 Å². The fourth-order valence-corrected chi connectivity index (χ4v) is 0.400. The predicted molar refractivity (Wildman–Crippen MR) is 60.4 cm³/mol. The van der Waals surface area contributed by atoms with Crippen LogP contribution in [-0.2, 0) is 19.1 Å². The molecule has 0 spiro atoms. The van der Waals surface area contributed by atoms with E-state index in [0.717, 1.165) is 0 Å². The molecule has 6 nitrogen and oxygen atoms in total. The van der Waals surface area contributed by atoms with Crippen LogP contribution in [-0.4, -0.2) is 34.7 Å². The third-order valence-corrected chi connectivity index (χ3v) is 1.05. The number of carboxylic acids is 2. The van der Waals surface area contributed by atoms with Crippen molar-refractivity contribution in [3.63, 3.8) is 0 Å². The van der Waals surface area contributed by atoms with Gasteiger partial charge in [0.1, 0.15) is 6.61 Å². The first-order valence-electron chi connectivity index (χ1n) is 4.38. The van der Waals surface area contributed by atoms with Gasteiger partial charge in [-0.25, -0.2) is 14.4 Å². The van der Waals surface area contributed by atoms with Crippen LogP contribution in [0.2, 0.25) is 0 Å². The average molecular weight is 242 g/mol. The second-order valence-corrected chi connectivity index (χ2v) is 2.68. The predicted octanol–water partition coefficient (Wildman–Crippen LogP) is 1.00. The number of rotatable bonds is 5. The van der Waals surface area contributed by atoms with Crippen LogP contribution in [0.25, 0.3) is 0 Å². The number of hydrogen-bond donors (Lipinski definition) is 2. The Morgan fingerprint density at radius 1 is 1.18 bits per heavy atom. The minimum atomic E-state index is -1.26. The minimum Gasteiger partial charge on any atom is -0.478 e. The molecule has 0 atom stereocenters. The van der Waals surface area contributed by atoms with Crippen LogP contribution in [0, 0.1) is 0 Å². The van der Waals surface area contributed by atoms with Gasteiger partial charge in [-0.15, -0.1) is 0 Å². The van der Waals surface area contributed by atoms with E-state index >= 15 is 0 Å². The van der Waals surface area contributed by atoms with E-state index in [1.165, 1.54) is 6.08 Å². The third kappa shape index (κ3) is 16.3. The SMILES string of the molecule is C=CCOC(=O)C(=C)C.O=C(O)C=CC(=O)O. The molecule has 2 N–H and O–H groups in total. The summed E-state index contributed by atoms with van der Waals surface area (Å²) in [4.78, 5) is 29.6. The lowest BCUT2D eigenvalue weighted by Crippen LogP contribution is -2.03. The minimum absolute atomic E-state index is 0.256. The number of carbonyl (C=O) groups is 3. The van der Waals surface area contributed by atoms with Gasteiger partial charge in [0, 0.05) is 17.7 Å². The average Bonchev–Trinajstić information content (AvgIpc) is 2.23. The summed E-state index contributed by atoms with van der Waals surface area (Å²) in [6.45, 7) is 8.64. The molecule has 0 rings (SSSR count). The van der Waals surface area contributed by atoms with Crippen LogP contribution >= 0.6 is 0 Å². The smallest absolute Gasteiger partial charge is 0.333 e. The molecule has 0 amide bonds. The van der Waals surface area contributed by atoms with Crippen molar-refractivity contribution >= 4 is 17.9 Å². The molecule has 0 unspecified atom stereocenters. The van der Waals surface area contributed by atoms with E-state index in [1.807, 2.05) is 0 Å². The van der Waals surface area contributed by atoms with E-state index < -0.39 is 11.9 Å². The first-order chi connectivity index (χ1) is 7.81. The molecule has 0 aromatic carbocycles. The van der Waals surface area contributed by atoms with Gasteiger partial charge in [-0.3, -0.25) is 0 Å². The van der Waals surface area contributed by atoms with Crippen LogP contribution in [0.3, 0.4) is 0 Å². The number of esters is 1. The summed E-state index contributed by atoms with van der Waals surface area (Å²) in [6, 6.07) is 0. The molecule has 0 aliphatic heterocycles. The molecule has 0 fully saturated rings. The Bertz CT molecular complexity index is 324. The topological polar surface area (TPSA) is 101 Å². The standard InChI is InChI=1S/C7H10O2.C4H4O4/c1-4-5-9-7(8)6(2)3;5-3(6)1-2-4(7)8/h4H,1-2,5H2,3H3;1-2H,(H,5,6)(H,7,8). The van der Waals surface area contributed by atoms with E-state index in [4.69, 9.17) is 10.2 Å². The summed E-state index contributed by atoms with van der Waals surface area (Å²) >= 11 is 0. The van der Waals surface area contributed by atoms with Crippen LogP contribution in [0.4, 0.5) is 0 Å². The summed E-state index contributed by atoms with van der Waals surface area (Å²) in [5, 5.41) is 15.6. The Balaban J connectivity index is 0. The molecule has 6 heteroatoms. The molecule has 0 bridgehead atoms. The lowest BCUT2D eigenvalue weighted by molar-refractivity contribution is -0.137. The van der Waals surface area contributed by atoms with Gasteiger partial charge in [0.2, 0.25) is 0 Å². The molecule has 94 valence electrons. The highest BCUT2D eigenvalue weighted by molar-refractivity contribution is 5.89. The maximum atomic E-state index is 10.5. The molecular weight excluding hydrogens is 228 g/mol. The molecule has 0 saturated heterocycles. The van der Waals surface area contributed by atoms with Gasteiger partial charge < -0.3 is 14.9 Å². The molecule has 17 heavy (non-hydrogen) atoms. The maximum Gasteiger partial charge on any atom is 0.333 e. The van der Waals surface area contributed by atoms with Crippen molar-refractivity contribution in [1.82, 2.24) is 0 Å². The first kappa shape index (κ1) is 17.0. The van der Waals surface area contributed by atoms with Gasteiger partial charge in [-0.2, -0.15) is 0 Å². The zero-order valence-electron chi connectivity index (χ0n) is 9.38. The Morgan fingerprint density at radius 3 is 1.82 bits per heavy atom. The third-order valence-electron chi connectivity index (χ3n) is 1.05. The Labute approximate surface area is 98.5 Å². The van der Waals surface area contributed by atoms with Crippen molar-refractivity contribution < 1.29 is 29.3 Å². The largest absolute Gasteiger partial charge is 0.478 e. The van der Waals surface area contributed by atoms with E-state index in [2.05, 4.69) is 17.9 Å². The molecule has 0 aliphatic rings. The van der Waals surface area contributed by atoms with Gasteiger partial charge in [-0.1, -0.05) is 19.2 Å². The normalized spacial score (nSPS) is 8.76. The highest BCUT2D eigenvalue weighted by Gasteiger charge is 1.98. The van der Waals surface area contributed by atoms with E-state index in [9.17, 15) is 14.4 Å². The van der Waals surface area contributed by atoms with Crippen LogP contribution in [0.1, 0.15) is 6.92 Å². The second kappa shape index (κ2) is 10.2. The molecule has 0 aliphatic carbocycles. The number of ether oxygens (including phenoxy) is 1. The van der Waals surface area contributed by atoms with Crippen molar-refractivity contribution in [3.8, 4) is 0 Å². The molecule has 0 aromatic rings. The van der Waals surface area contributed by atoms with Crippen molar-refractivity contribution in [2.45, 2.75) is 6.92 Å². The second-order valence-electron chi connectivity index (χ2n) is 2.68. The number of carbonyl (C=O) groups excluding carboxylic acids is 1. The molecule has 0 saturated carbocycles. The maximum absolute atomic E-state index is 10.5. The number of carboxylic acid groups (broad SMARTS) is 2. The molecule has 0 radical (unpaired) electrons. The van der Waals surface area contributed by atoms with Gasteiger partial charge in [-0.05, 0) is 6.92 Å². The molecule has 0 heterocycles.